The van der Waals surface area contributed by atoms with E-state index in [1.54, 1.807) is 30.6 Å². The Morgan fingerprint density at radius 2 is 1.71 bits per heavy atom. The summed E-state index contributed by atoms with van der Waals surface area (Å²) in [7, 11) is -8.27. The van der Waals surface area contributed by atoms with Gasteiger partial charge < -0.3 is 4.57 Å². The first-order valence-corrected chi connectivity index (χ1v) is 14.3. The topological polar surface area (TPSA) is 135 Å². The maximum absolute atomic E-state index is 13.3. The average molecular weight is 519 g/mol. The maximum Gasteiger partial charge on any atom is 0.260 e. The van der Waals surface area contributed by atoms with Crippen molar-refractivity contribution in [2.24, 2.45) is 0 Å². The van der Waals surface area contributed by atoms with Gasteiger partial charge in [0.05, 0.1) is 23.7 Å². The molecular formula is C22H26N6O5S2. The Morgan fingerprint density at radius 1 is 1.03 bits per heavy atom. The molecule has 0 fully saturated rings. The summed E-state index contributed by atoms with van der Waals surface area (Å²) in [5.74, 6) is -0.247. The van der Waals surface area contributed by atoms with Gasteiger partial charge in [0.25, 0.3) is 5.91 Å². The van der Waals surface area contributed by atoms with Crippen molar-refractivity contribution in [1.82, 2.24) is 19.7 Å². The van der Waals surface area contributed by atoms with Crippen LogP contribution in [0.5, 0.6) is 0 Å². The van der Waals surface area contributed by atoms with Crippen molar-refractivity contribution in [1.29, 1.82) is 0 Å². The lowest BCUT2D eigenvalue weighted by Crippen LogP contribution is -2.39. The van der Waals surface area contributed by atoms with Gasteiger partial charge in [0.2, 0.25) is 20.0 Å². The summed E-state index contributed by atoms with van der Waals surface area (Å²) in [5.41, 5.74) is 1.32. The van der Waals surface area contributed by atoms with E-state index in [4.69, 9.17) is 0 Å². The van der Waals surface area contributed by atoms with Crippen LogP contribution in [-0.2, 0) is 26.6 Å². The van der Waals surface area contributed by atoms with Gasteiger partial charge in [0, 0.05) is 11.6 Å². The molecule has 35 heavy (non-hydrogen) atoms. The number of rotatable bonds is 8. The van der Waals surface area contributed by atoms with Crippen molar-refractivity contribution < 1.29 is 21.6 Å². The number of fused-ring (bicyclic) bond motifs is 1. The van der Waals surface area contributed by atoms with E-state index in [0.29, 0.717) is 26.6 Å². The molecule has 3 aromatic rings. The molecule has 4 rings (SSSR count). The van der Waals surface area contributed by atoms with E-state index in [1.165, 1.54) is 30.9 Å². The Balaban J connectivity index is 1.72. The molecule has 0 radical (unpaired) electrons. The lowest BCUT2D eigenvalue weighted by atomic mass is 10.1. The van der Waals surface area contributed by atoms with Crippen molar-refractivity contribution in [2.45, 2.75) is 40.3 Å². The third-order valence-corrected chi connectivity index (χ3v) is 9.97. The van der Waals surface area contributed by atoms with Gasteiger partial charge in [0.15, 0.2) is 5.82 Å². The van der Waals surface area contributed by atoms with Gasteiger partial charge in [-0.2, -0.15) is 3.71 Å². The average Bonchev–Trinajstić information content (AvgIpc) is 3.44. The lowest BCUT2D eigenvalue weighted by Gasteiger charge is -2.23. The molecule has 2 aromatic heterocycles. The molecule has 3 heterocycles. The minimum absolute atomic E-state index is 0.0885. The summed E-state index contributed by atoms with van der Waals surface area (Å²) in [6.07, 6.45) is 1.62. The van der Waals surface area contributed by atoms with Crippen LogP contribution in [0.2, 0.25) is 0 Å². The van der Waals surface area contributed by atoms with Gasteiger partial charge >= 0.3 is 0 Å². The number of hydrogen-bond donors (Lipinski definition) is 0. The zero-order valence-corrected chi connectivity index (χ0v) is 21.4. The number of benzene rings is 1. The summed E-state index contributed by atoms with van der Waals surface area (Å²) in [6.45, 7) is 6.94. The van der Waals surface area contributed by atoms with Crippen LogP contribution in [0, 0.1) is 0 Å². The fourth-order valence-corrected chi connectivity index (χ4v) is 7.17. The van der Waals surface area contributed by atoms with Crippen molar-refractivity contribution in [3.63, 3.8) is 0 Å². The molecule has 1 aliphatic rings. The Hall–Kier alpha value is -3.32. The first kappa shape index (κ1) is 24.8. The quantitative estimate of drug-likeness (QED) is 0.444. The highest BCUT2D eigenvalue weighted by atomic mass is 32.3. The van der Waals surface area contributed by atoms with Crippen molar-refractivity contribution in [3.8, 4) is 11.5 Å². The van der Waals surface area contributed by atoms with Crippen molar-refractivity contribution >= 4 is 37.5 Å². The molecule has 0 N–H and O–H groups in total. The minimum atomic E-state index is -4.13. The highest BCUT2D eigenvalue weighted by molar-refractivity contribution is 8.10. The monoisotopic (exact) mass is 518 g/mol. The second-order valence-corrected chi connectivity index (χ2v) is 12.7. The van der Waals surface area contributed by atoms with E-state index in [0.717, 1.165) is 0 Å². The number of carbonyl (C=O) groups excluding carboxylic acids is 1. The van der Waals surface area contributed by atoms with Gasteiger partial charge in [-0.25, -0.2) is 21.8 Å². The van der Waals surface area contributed by atoms with Crippen molar-refractivity contribution in [2.75, 3.05) is 20.1 Å². The molecule has 0 spiro atoms. The highest BCUT2D eigenvalue weighted by Crippen LogP contribution is 2.33. The smallest absolute Gasteiger partial charge is 0.260 e. The molecule has 186 valence electrons. The molecule has 1 amide bonds. The van der Waals surface area contributed by atoms with Crippen LogP contribution in [-0.4, -0.2) is 54.0 Å². The Labute approximate surface area is 204 Å². The number of sulfonamides is 2. The van der Waals surface area contributed by atoms with Crippen molar-refractivity contribution in [3.05, 3.63) is 53.9 Å². The van der Waals surface area contributed by atoms with Gasteiger partial charge in [-0.15, -0.1) is 10.2 Å². The molecule has 13 heteroatoms. The van der Waals surface area contributed by atoms with Gasteiger partial charge in [0.1, 0.15) is 17.8 Å². The van der Waals surface area contributed by atoms with E-state index in [2.05, 4.69) is 15.2 Å². The van der Waals surface area contributed by atoms with E-state index in [1.807, 2.05) is 18.4 Å². The van der Waals surface area contributed by atoms with E-state index in [-0.39, 0.29) is 23.8 Å². The molecule has 11 nitrogen and oxygen atoms in total. The number of nitrogens with zero attached hydrogens (tertiary/aromatic N) is 6. The highest BCUT2D eigenvalue weighted by Gasteiger charge is 2.35. The van der Waals surface area contributed by atoms with Gasteiger partial charge in [-0.05, 0) is 57.5 Å². The predicted octanol–water partition coefficient (Wildman–Crippen LogP) is 2.59. The first-order valence-electron chi connectivity index (χ1n) is 11.1. The normalized spacial score (nSPS) is 14.0. The second-order valence-electron chi connectivity index (χ2n) is 8.27. The van der Waals surface area contributed by atoms with E-state index in [9.17, 15) is 21.6 Å². The Morgan fingerprint density at radius 3 is 2.34 bits per heavy atom. The minimum Gasteiger partial charge on any atom is -0.310 e. The first-order chi connectivity index (χ1) is 16.5. The molecular weight excluding hydrogens is 492 g/mol. The molecule has 1 aromatic carbocycles. The number of carbonyl (C=O) groups is 1. The summed E-state index contributed by atoms with van der Waals surface area (Å²) in [5, 5.41) is 8.12. The summed E-state index contributed by atoms with van der Waals surface area (Å²) >= 11 is 0. The summed E-state index contributed by atoms with van der Waals surface area (Å²) in [4.78, 5) is 19.4. The van der Waals surface area contributed by atoms with Crippen LogP contribution in [0.15, 0.2) is 42.7 Å². The van der Waals surface area contributed by atoms with Crippen LogP contribution in [0.1, 0.15) is 49.7 Å². The Bertz CT molecular complexity index is 1460. The maximum atomic E-state index is 13.3. The number of anilines is 2. The van der Waals surface area contributed by atoms with Gasteiger partial charge in [-0.3, -0.25) is 9.69 Å². The molecule has 0 saturated carbocycles. The summed E-state index contributed by atoms with van der Waals surface area (Å²) < 4.78 is 52.8. The number of hydrogen-bond acceptors (Lipinski definition) is 8. The SMILES string of the molecule is CCS(=O)(=O)N(c1ccc2c(c1)C(=O)N(c1cccc(-c3nncn3C(C)C)n1)C2)S(=O)(=O)CC. The second kappa shape index (κ2) is 9.04. The van der Waals surface area contributed by atoms with Crippen LogP contribution < -0.4 is 8.61 Å². The lowest BCUT2D eigenvalue weighted by molar-refractivity contribution is 0.0996. The van der Waals surface area contributed by atoms with Crippen LogP contribution in [0.3, 0.4) is 0 Å². The molecule has 0 saturated heterocycles. The third kappa shape index (κ3) is 4.41. The fraction of sp³-hybridized carbons (Fsp3) is 0.364. The predicted molar refractivity (Wildman–Crippen MR) is 132 cm³/mol. The molecule has 1 aliphatic heterocycles. The largest absolute Gasteiger partial charge is 0.310 e. The van der Waals surface area contributed by atoms with Crippen LogP contribution in [0.4, 0.5) is 11.5 Å². The third-order valence-electron chi connectivity index (χ3n) is 5.71. The van der Waals surface area contributed by atoms with E-state index < -0.39 is 37.5 Å². The fourth-order valence-electron chi connectivity index (χ4n) is 3.82. The Kier molecular flexibility index (Phi) is 6.40. The number of amides is 1. The zero-order valence-electron chi connectivity index (χ0n) is 19.8. The molecule has 0 unspecified atom stereocenters. The molecule has 0 aliphatic carbocycles. The summed E-state index contributed by atoms with van der Waals surface area (Å²) in [6, 6.07) is 9.65. The molecule has 0 bridgehead atoms. The van der Waals surface area contributed by atoms with Gasteiger partial charge in [-0.1, -0.05) is 12.1 Å². The van der Waals surface area contributed by atoms with E-state index >= 15 is 0 Å². The van der Waals surface area contributed by atoms with Crippen LogP contribution in [0.25, 0.3) is 11.5 Å². The van der Waals surface area contributed by atoms with Crippen LogP contribution >= 0.6 is 0 Å². The number of aromatic nitrogens is 4. The molecule has 0 atom stereocenters. The number of pyridine rings is 1. The zero-order chi connectivity index (χ0) is 25.5. The standard InChI is InChI=1S/C22H26N6O5S2/c1-5-34(30,31)28(35(32,33)6-2)17-11-10-16-13-26(22(29)18(16)12-17)20-9-7-8-19(24-20)21-25-23-14-27(21)15(3)4/h7-12,14-15H,5-6,13H2,1-4H3.